The van der Waals surface area contributed by atoms with Crippen molar-refractivity contribution < 1.29 is 19.1 Å². The molecule has 6 nitrogen and oxygen atoms in total. The Morgan fingerprint density at radius 3 is 2.31 bits per heavy atom. The SMILES string of the molecule is CCOC(=O)C1(c2cc(Cl)nc(Cl)c2)C2CN(C(=O)OCC(C)C)CC21. The summed E-state index contributed by atoms with van der Waals surface area (Å²) in [7, 11) is 0. The summed E-state index contributed by atoms with van der Waals surface area (Å²) in [5, 5.41) is 0.462. The number of nitrogens with zero attached hydrogens (tertiary/aromatic N) is 2. The van der Waals surface area contributed by atoms with Crippen molar-refractivity contribution in [2.24, 2.45) is 17.8 Å². The van der Waals surface area contributed by atoms with E-state index in [1.165, 1.54) is 0 Å². The van der Waals surface area contributed by atoms with Crippen molar-refractivity contribution >= 4 is 35.3 Å². The molecule has 2 atom stereocenters. The number of hydrogen-bond donors (Lipinski definition) is 0. The molecule has 0 aromatic carbocycles. The summed E-state index contributed by atoms with van der Waals surface area (Å²) in [4.78, 5) is 30.6. The molecule has 2 unspecified atom stereocenters. The van der Waals surface area contributed by atoms with E-state index in [0.717, 1.165) is 0 Å². The molecule has 1 aromatic heterocycles. The highest BCUT2D eigenvalue weighted by Crippen LogP contribution is 2.64. The second-order valence-electron chi connectivity index (χ2n) is 7.18. The topological polar surface area (TPSA) is 68.7 Å². The molecule has 0 spiro atoms. The van der Waals surface area contributed by atoms with Crippen molar-refractivity contribution in [2.45, 2.75) is 26.2 Å². The van der Waals surface area contributed by atoms with E-state index in [2.05, 4.69) is 4.98 Å². The van der Waals surface area contributed by atoms with E-state index in [9.17, 15) is 9.59 Å². The fourth-order valence-corrected chi connectivity index (χ4v) is 4.37. The molecule has 1 aromatic rings. The number of ether oxygens (including phenoxy) is 2. The third kappa shape index (κ3) is 3.25. The van der Waals surface area contributed by atoms with Crippen LogP contribution in [0.2, 0.25) is 10.3 Å². The summed E-state index contributed by atoms with van der Waals surface area (Å²) >= 11 is 12.1. The number of hydrogen-bond acceptors (Lipinski definition) is 5. The highest BCUT2D eigenvalue weighted by atomic mass is 35.5. The highest BCUT2D eigenvalue weighted by Gasteiger charge is 2.75. The largest absolute Gasteiger partial charge is 0.465 e. The number of likely N-dealkylation sites (tertiary alicyclic amines) is 1. The van der Waals surface area contributed by atoms with Crippen molar-refractivity contribution in [2.75, 3.05) is 26.3 Å². The quantitative estimate of drug-likeness (QED) is 0.558. The van der Waals surface area contributed by atoms with E-state index in [4.69, 9.17) is 32.7 Å². The Kier molecular flexibility index (Phi) is 5.35. The zero-order valence-electron chi connectivity index (χ0n) is 15.0. The zero-order chi connectivity index (χ0) is 19.1. The molecule has 142 valence electrons. The minimum absolute atomic E-state index is 0.0392. The van der Waals surface area contributed by atoms with Gasteiger partial charge in [-0.1, -0.05) is 37.0 Å². The smallest absolute Gasteiger partial charge is 0.409 e. The van der Waals surface area contributed by atoms with Gasteiger partial charge in [-0.15, -0.1) is 0 Å². The van der Waals surface area contributed by atoms with Gasteiger partial charge in [-0.25, -0.2) is 9.78 Å². The van der Waals surface area contributed by atoms with Gasteiger partial charge in [0.15, 0.2) is 0 Å². The highest BCUT2D eigenvalue weighted by molar-refractivity contribution is 6.32. The van der Waals surface area contributed by atoms with Crippen LogP contribution in [0.15, 0.2) is 12.1 Å². The predicted molar refractivity (Wildman–Crippen MR) is 97.3 cm³/mol. The lowest BCUT2D eigenvalue weighted by molar-refractivity contribution is -0.147. The Hall–Kier alpha value is -1.53. The Morgan fingerprint density at radius 1 is 1.23 bits per heavy atom. The maximum atomic E-state index is 12.8. The van der Waals surface area contributed by atoms with Crippen molar-refractivity contribution in [3.8, 4) is 0 Å². The number of piperidine rings is 1. The lowest BCUT2D eigenvalue weighted by Gasteiger charge is -2.26. The van der Waals surface area contributed by atoms with Gasteiger partial charge in [0.25, 0.3) is 0 Å². The molecule has 1 amide bonds. The van der Waals surface area contributed by atoms with E-state index in [0.29, 0.717) is 25.3 Å². The number of rotatable bonds is 5. The first-order chi connectivity index (χ1) is 12.3. The molecular formula is C18H22Cl2N2O4. The van der Waals surface area contributed by atoms with Crippen LogP contribution in [0.3, 0.4) is 0 Å². The molecule has 2 aliphatic rings. The van der Waals surface area contributed by atoms with Crippen LogP contribution in [0.4, 0.5) is 4.79 Å². The van der Waals surface area contributed by atoms with Crippen LogP contribution in [-0.2, 0) is 19.7 Å². The molecule has 3 rings (SSSR count). The number of aromatic nitrogens is 1. The van der Waals surface area contributed by atoms with E-state index in [1.807, 2.05) is 13.8 Å². The molecule has 1 aliphatic heterocycles. The number of esters is 1. The van der Waals surface area contributed by atoms with Crippen LogP contribution in [-0.4, -0.2) is 48.2 Å². The molecule has 0 radical (unpaired) electrons. The van der Waals surface area contributed by atoms with Gasteiger partial charge >= 0.3 is 12.1 Å². The number of pyridine rings is 1. The van der Waals surface area contributed by atoms with Crippen molar-refractivity contribution in [3.05, 3.63) is 28.0 Å². The molecule has 26 heavy (non-hydrogen) atoms. The van der Waals surface area contributed by atoms with Gasteiger partial charge in [-0.3, -0.25) is 4.79 Å². The second-order valence-corrected chi connectivity index (χ2v) is 7.95. The fourth-order valence-electron chi connectivity index (χ4n) is 3.91. The summed E-state index contributed by atoms with van der Waals surface area (Å²) < 4.78 is 10.6. The third-order valence-corrected chi connectivity index (χ3v) is 5.42. The summed E-state index contributed by atoms with van der Waals surface area (Å²) in [6.45, 7) is 7.28. The van der Waals surface area contributed by atoms with Crippen LogP contribution in [0.25, 0.3) is 0 Å². The maximum absolute atomic E-state index is 12.8. The minimum atomic E-state index is -0.818. The number of fused-ring (bicyclic) bond motifs is 1. The predicted octanol–water partition coefficient (Wildman–Crippen LogP) is 3.54. The monoisotopic (exact) mass is 400 g/mol. The van der Waals surface area contributed by atoms with Gasteiger partial charge in [0.05, 0.1) is 13.2 Å². The fraction of sp³-hybridized carbons (Fsp3) is 0.611. The van der Waals surface area contributed by atoms with Crippen LogP contribution >= 0.6 is 23.2 Å². The van der Waals surface area contributed by atoms with Gasteiger partial charge in [0, 0.05) is 24.9 Å². The summed E-state index contributed by atoms with van der Waals surface area (Å²) in [6, 6.07) is 3.31. The van der Waals surface area contributed by atoms with Crippen LogP contribution in [0.5, 0.6) is 0 Å². The van der Waals surface area contributed by atoms with Gasteiger partial charge in [-0.05, 0) is 30.5 Å². The zero-order valence-corrected chi connectivity index (χ0v) is 16.5. The van der Waals surface area contributed by atoms with Crippen molar-refractivity contribution in [1.29, 1.82) is 0 Å². The van der Waals surface area contributed by atoms with E-state index in [1.54, 1.807) is 24.0 Å². The number of halogens is 2. The van der Waals surface area contributed by atoms with E-state index in [-0.39, 0.29) is 46.7 Å². The van der Waals surface area contributed by atoms with Gasteiger partial charge in [0.1, 0.15) is 15.7 Å². The summed E-state index contributed by atoms with van der Waals surface area (Å²) in [5.74, 6) is -0.107. The number of carbonyl (C=O) groups is 2. The second kappa shape index (κ2) is 7.24. The maximum Gasteiger partial charge on any atom is 0.409 e. The third-order valence-electron chi connectivity index (χ3n) is 5.03. The molecule has 2 heterocycles. The Labute approximate surface area is 162 Å². The van der Waals surface area contributed by atoms with E-state index < -0.39 is 5.41 Å². The summed E-state index contributed by atoms with van der Waals surface area (Å²) in [5.41, 5.74) is -0.118. The number of carbonyl (C=O) groups excluding carboxylic acids is 2. The van der Waals surface area contributed by atoms with Crippen LogP contribution < -0.4 is 0 Å². The molecule has 1 aliphatic carbocycles. The average Bonchev–Trinajstić information content (AvgIpc) is 2.96. The Morgan fingerprint density at radius 2 is 1.81 bits per heavy atom. The van der Waals surface area contributed by atoms with Crippen molar-refractivity contribution in [1.82, 2.24) is 9.88 Å². The lowest BCUT2D eigenvalue weighted by Crippen LogP contribution is -2.39. The summed E-state index contributed by atoms with van der Waals surface area (Å²) in [6.07, 6.45) is -0.338. The van der Waals surface area contributed by atoms with Crippen LogP contribution in [0, 0.1) is 17.8 Å². The first kappa shape index (κ1) is 19.2. The molecular weight excluding hydrogens is 379 g/mol. The van der Waals surface area contributed by atoms with Crippen molar-refractivity contribution in [3.63, 3.8) is 0 Å². The Bertz CT molecular complexity index is 693. The van der Waals surface area contributed by atoms with Gasteiger partial charge < -0.3 is 14.4 Å². The average molecular weight is 401 g/mol. The molecule has 8 heteroatoms. The van der Waals surface area contributed by atoms with Gasteiger partial charge in [0.2, 0.25) is 0 Å². The minimum Gasteiger partial charge on any atom is -0.465 e. The lowest BCUT2D eigenvalue weighted by atomic mass is 9.91. The molecule has 2 fully saturated rings. The molecule has 1 saturated heterocycles. The first-order valence-electron chi connectivity index (χ1n) is 8.73. The van der Waals surface area contributed by atoms with Crippen LogP contribution in [0.1, 0.15) is 26.3 Å². The normalized spacial score (nSPS) is 26.6. The standard InChI is InChI=1S/C18H22Cl2N2O4/c1-4-25-16(23)18(11-5-14(19)21-15(20)6-11)12-7-22(8-13(12)18)17(24)26-9-10(2)3/h5-6,10,12-13H,4,7-9H2,1-3H3. The first-order valence-corrected chi connectivity index (χ1v) is 9.48. The molecule has 0 N–H and O–H groups in total. The van der Waals surface area contributed by atoms with E-state index >= 15 is 0 Å². The Balaban J connectivity index is 1.80. The molecule has 0 bridgehead atoms. The molecule has 1 saturated carbocycles. The number of amides is 1. The van der Waals surface area contributed by atoms with Gasteiger partial charge in [-0.2, -0.15) is 0 Å².